The Morgan fingerprint density at radius 3 is 1.85 bits per heavy atom. The van der Waals surface area contributed by atoms with Gasteiger partial charge in [-0.25, -0.2) is 0 Å². The van der Waals surface area contributed by atoms with Crippen molar-refractivity contribution in [2.75, 3.05) is 23.3 Å². The lowest BCUT2D eigenvalue weighted by molar-refractivity contribution is 0.578. The largest absolute Gasteiger partial charge is 0.278 e. The van der Waals surface area contributed by atoms with Crippen molar-refractivity contribution in [1.29, 1.82) is 0 Å². The van der Waals surface area contributed by atoms with Crippen molar-refractivity contribution in [1.82, 2.24) is 9.44 Å². The van der Waals surface area contributed by atoms with Crippen molar-refractivity contribution in [3.8, 4) is 0 Å². The van der Waals surface area contributed by atoms with E-state index in [4.69, 9.17) is 0 Å². The molecule has 1 aliphatic heterocycles. The fraction of sp³-hybridized carbons (Fsp3) is 1.00. The van der Waals surface area contributed by atoms with E-state index in [1.54, 1.807) is 23.5 Å². The van der Waals surface area contributed by atoms with E-state index in [9.17, 15) is 8.42 Å². The summed E-state index contributed by atoms with van der Waals surface area (Å²) in [6.45, 7) is 0. The molecule has 0 bridgehead atoms. The molecule has 0 spiro atoms. The molecule has 1 rings (SSSR count). The van der Waals surface area contributed by atoms with Gasteiger partial charge in [0.25, 0.3) is 10.2 Å². The summed E-state index contributed by atoms with van der Waals surface area (Å²) in [6.07, 6.45) is 2.33. The van der Waals surface area contributed by atoms with Gasteiger partial charge >= 0.3 is 0 Å². The van der Waals surface area contributed by atoms with Crippen LogP contribution in [-0.4, -0.2) is 31.7 Å². The molecule has 0 radical (unpaired) electrons. The smallest absolute Gasteiger partial charge is 0.195 e. The Morgan fingerprint density at radius 2 is 1.38 bits per heavy atom. The summed E-state index contributed by atoms with van der Waals surface area (Å²) in [5.74, 6) is 3.01. The van der Waals surface area contributed by atoms with E-state index in [0.717, 1.165) is 11.5 Å². The lowest BCUT2D eigenvalue weighted by atomic mass is 10.4. The molecule has 0 aliphatic carbocycles. The lowest BCUT2D eigenvalue weighted by Crippen LogP contribution is -2.36. The van der Waals surface area contributed by atoms with Crippen LogP contribution in [0.15, 0.2) is 0 Å². The summed E-state index contributed by atoms with van der Waals surface area (Å²) in [4.78, 5) is 0. The number of nitrogens with one attached hydrogen (secondary N) is 2. The highest BCUT2D eigenvalue weighted by molar-refractivity contribution is 8.01. The first kappa shape index (κ1) is 11.6. The van der Waals surface area contributed by atoms with Crippen molar-refractivity contribution in [3.63, 3.8) is 0 Å². The second kappa shape index (κ2) is 6.13. The van der Waals surface area contributed by atoms with Gasteiger partial charge in [-0.2, -0.15) is 17.9 Å². The predicted octanol–water partition coefficient (Wildman–Crippen LogP) is 0.586. The molecule has 1 fully saturated rings. The van der Waals surface area contributed by atoms with Gasteiger partial charge in [0, 0.05) is 0 Å². The quantitative estimate of drug-likeness (QED) is 0.652. The molecule has 7 heteroatoms. The van der Waals surface area contributed by atoms with Crippen LogP contribution >= 0.6 is 23.5 Å². The Balaban J connectivity index is 2.36. The number of hydrogen-bond donors (Lipinski definition) is 2. The van der Waals surface area contributed by atoms with E-state index in [2.05, 4.69) is 9.44 Å². The second-order valence-corrected chi connectivity index (χ2v) is 6.40. The molecule has 0 atom stereocenters. The summed E-state index contributed by atoms with van der Waals surface area (Å²) >= 11 is 3.25. The summed E-state index contributed by atoms with van der Waals surface area (Å²) in [5.41, 5.74) is 0. The molecule has 0 unspecified atom stereocenters. The molecule has 1 aliphatic rings. The van der Waals surface area contributed by atoms with Crippen molar-refractivity contribution in [2.45, 2.75) is 12.8 Å². The molecule has 0 aromatic rings. The van der Waals surface area contributed by atoms with E-state index in [1.165, 1.54) is 12.8 Å². The Morgan fingerprint density at radius 1 is 0.923 bits per heavy atom. The summed E-state index contributed by atoms with van der Waals surface area (Å²) in [7, 11) is -3.24. The summed E-state index contributed by atoms with van der Waals surface area (Å²) < 4.78 is 27.2. The molecule has 13 heavy (non-hydrogen) atoms. The summed E-state index contributed by atoms with van der Waals surface area (Å²) in [6, 6.07) is 0. The third-order valence-corrected chi connectivity index (χ3v) is 4.80. The van der Waals surface area contributed by atoms with Gasteiger partial charge in [0.05, 0.1) is 11.8 Å². The van der Waals surface area contributed by atoms with E-state index >= 15 is 0 Å². The Labute approximate surface area is 87.8 Å². The van der Waals surface area contributed by atoms with Crippen LogP contribution in [-0.2, 0) is 10.2 Å². The Bertz CT molecular complexity index is 212. The van der Waals surface area contributed by atoms with E-state index < -0.39 is 10.2 Å². The van der Waals surface area contributed by atoms with Crippen LogP contribution in [0.5, 0.6) is 0 Å². The van der Waals surface area contributed by atoms with Crippen LogP contribution in [0, 0.1) is 0 Å². The molecule has 0 saturated carbocycles. The predicted molar refractivity (Wildman–Crippen MR) is 59.1 cm³/mol. The number of hydrogen-bond acceptors (Lipinski definition) is 4. The van der Waals surface area contributed by atoms with Crippen LogP contribution in [0.25, 0.3) is 0 Å². The van der Waals surface area contributed by atoms with Gasteiger partial charge in [0.2, 0.25) is 0 Å². The zero-order valence-electron chi connectivity index (χ0n) is 7.28. The SMILES string of the molecule is O=S1(=O)NCSCCCCSCN1. The van der Waals surface area contributed by atoms with E-state index in [1.807, 2.05) is 0 Å². The maximum Gasteiger partial charge on any atom is 0.278 e. The Kier molecular flexibility index (Phi) is 5.49. The van der Waals surface area contributed by atoms with E-state index in [0.29, 0.717) is 11.8 Å². The van der Waals surface area contributed by atoms with Crippen molar-refractivity contribution < 1.29 is 8.42 Å². The molecule has 2 N–H and O–H groups in total. The molecular formula is C6H14N2O2S3. The maximum absolute atomic E-state index is 11.2. The minimum absolute atomic E-state index is 0.472. The van der Waals surface area contributed by atoms with Gasteiger partial charge in [-0.3, -0.25) is 0 Å². The van der Waals surface area contributed by atoms with Gasteiger partial charge in [-0.1, -0.05) is 0 Å². The van der Waals surface area contributed by atoms with Gasteiger partial charge in [-0.15, -0.1) is 23.5 Å². The van der Waals surface area contributed by atoms with E-state index in [-0.39, 0.29) is 0 Å². The normalized spacial score (nSPS) is 26.2. The molecule has 4 nitrogen and oxygen atoms in total. The fourth-order valence-electron chi connectivity index (χ4n) is 0.842. The third kappa shape index (κ3) is 5.79. The molecule has 0 aromatic carbocycles. The summed E-state index contributed by atoms with van der Waals surface area (Å²) in [5, 5.41) is 0. The highest BCUT2D eigenvalue weighted by atomic mass is 32.2. The van der Waals surface area contributed by atoms with Crippen LogP contribution in [0.1, 0.15) is 12.8 Å². The maximum atomic E-state index is 11.2. The number of rotatable bonds is 0. The molecule has 1 heterocycles. The molecular weight excluding hydrogens is 228 g/mol. The third-order valence-electron chi connectivity index (χ3n) is 1.53. The van der Waals surface area contributed by atoms with Crippen LogP contribution < -0.4 is 9.44 Å². The average molecular weight is 242 g/mol. The van der Waals surface area contributed by atoms with Crippen LogP contribution in [0.4, 0.5) is 0 Å². The zero-order valence-corrected chi connectivity index (χ0v) is 9.73. The molecule has 1 saturated heterocycles. The first-order valence-electron chi connectivity index (χ1n) is 4.10. The highest BCUT2D eigenvalue weighted by Crippen LogP contribution is 2.09. The van der Waals surface area contributed by atoms with Crippen molar-refractivity contribution >= 4 is 33.7 Å². The first-order chi connectivity index (χ1) is 6.21. The van der Waals surface area contributed by atoms with Crippen LogP contribution in [0.2, 0.25) is 0 Å². The van der Waals surface area contributed by atoms with Gasteiger partial charge < -0.3 is 0 Å². The average Bonchev–Trinajstić information content (AvgIpc) is 2.10. The minimum atomic E-state index is -3.24. The lowest BCUT2D eigenvalue weighted by Gasteiger charge is -2.05. The molecule has 78 valence electrons. The molecule has 0 amide bonds. The highest BCUT2D eigenvalue weighted by Gasteiger charge is 2.08. The number of thioether (sulfide) groups is 2. The van der Waals surface area contributed by atoms with Gasteiger partial charge in [-0.05, 0) is 24.3 Å². The second-order valence-electron chi connectivity index (χ2n) is 2.60. The van der Waals surface area contributed by atoms with Crippen LogP contribution in [0.3, 0.4) is 0 Å². The molecule has 0 aromatic heterocycles. The van der Waals surface area contributed by atoms with Gasteiger partial charge in [0.15, 0.2) is 0 Å². The van der Waals surface area contributed by atoms with Crippen molar-refractivity contribution in [3.05, 3.63) is 0 Å². The van der Waals surface area contributed by atoms with Crippen molar-refractivity contribution in [2.24, 2.45) is 0 Å². The first-order valence-corrected chi connectivity index (χ1v) is 7.90. The minimum Gasteiger partial charge on any atom is -0.195 e. The standard InChI is InChI=1S/C6H14N2O2S3/c9-13(10)7-5-11-3-1-2-4-12-6-8-13/h7-8H,1-6H2. The monoisotopic (exact) mass is 242 g/mol. The Hall–Kier alpha value is 0.570. The fourth-order valence-corrected chi connectivity index (χ4v) is 3.96. The van der Waals surface area contributed by atoms with Gasteiger partial charge in [0.1, 0.15) is 0 Å². The topological polar surface area (TPSA) is 58.2 Å². The zero-order chi connectivity index (χ0) is 9.57.